The standard InChI is InChI=1S/C33H35N5O6/c1-18-34-24-11-8-19(14-28(24)43-18)22-10-13-25-30(22)31(44-21-6-4-5-7-21)37-33(36-25)35-23-12-9-20(15-27(23)41-2)32(40)38-16-26(39)29(17-38)42-3/h8-12,14-15,21,26,29,39H,4-7,13,16-17H2,1-3H3,(H,35,36,37)/t26-,29-/m1/s1. The molecule has 0 unspecified atom stereocenters. The minimum atomic E-state index is -0.714. The fourth-order valence-electron chi connectivity index (χ4n) is 6.36. The van der Waals surface area contributed by atoms with Crippen molar-refractivity contribution in [2.45, 2.75) is 57.3 Å². The van der Waals surface area contributed by atoms with Crippen LogP contribution in [0.4, 0.5) is 11.6 Å². The lowest BCUT2D eigenvalue weighted by Gasteiger charge is -2.19. The van der Waals surface area contributed by atoms with Gasteiger partial charge < -0.3 is 34.0 Å². The van der Waals surface area contributed by atoms with Gasteiger partial charge in [0.2, 0.25) is 11.8 Å². The molecule has 4 aromatic rings. The molecule has 0 bridgehead atoms. The first kappa shape index (κ1) is 28.3. The normalized spacial score (nSPS) is 19.8. The van der Waals surface area contributed by atoms with Crippen molar-refractivity contribution in [3.63, 3.8) is 0 Å². The van der Waals surface area contributed by atoms with E-state index in [2.05, 4.69) is 16.4 Å². The van der Waals surface area contributed by atoms with Crippen molar-refractivity contribution in [3.8, 4) is 11.6 Å². The lowest BCUT2D eigenvalue weighted by atomic mass is 10.0. The van der Waals surface area contributed by atoms with Crippen LogP contribution < -0.4 is 14.8 Å². The van der Waals surface area contributed by atoms with Crippen LogP contribution in [0.15, 0.2) is 46.9 Å². The number of β-amino-alcohol motifs (C(OH)–C–C–N with tert-alkyl or cyclic N) is 1. The van der Waals surface area contributed by atoms with Gasteiger partial charge in [0, 0.05) is 39.1 Å². The third-order valence-electron chi connectivity index (χ3n) is 8.63. The van der Waals surface area contributed by atoms with Crippen LogP contribution in [0.2, 0.25) is 0 Å². The summed E-state index contributed by atoms with van der Waals surface area (Å²) in [4.78, 5) is 29.0. The Kier molecular flexibility index (Phi) is 7.43. The number of fused-ring (bicyclic) bond motifs is 2. The number of carbonyl (C=O) groups is 1. The van der Waals surface area contributed by atoms with E-state index in [0.29, 0.717) is 47.7 Å². The summed E-state index contributed by atoms with van der Waals surface area (Å²) in [5.74, 6) is 1.83. The van der Waals surface area contributed by atoms with Gasteiger partial charge in [-0.05, 0) is 67.2 Å². The molecule has 2 N–H and O–H groups in total. The van der Waals surface area contributed by atoms with Gasteiger partial charge in [0.05, 0.1) is 30.2 Å². The molecule has 1 saturated heterocycles. The lowest BCUT2D eigenvalue weighted by Crippen LogP contribution is -2.30. The number of likely N-dealkylation sites (tertiary alicyclic amines) is 1. The van der Waals surface area contributed by atoms with E-state index in [1.807, 2.05) is 25.1 Å². The average Bonchev–Trinajstić information content (AvgIpc) is 3.83. The number of benzene rings is 2. The Labute approximate surface area is 254 Å². The number of amides is 1. The summed E-state index contributed by atoms with van der Waals surface area (Å²) in [5.41, 5.74) is 6.39. The Morgan fingerprint density at radius 3 is 2.68 bits per heavy atom. The largest absolute Gasteiger partial charge is 0.495 e. The fraction of sp³-hybridized carbons (Fsp3) is 0.394. The number of aromatic nitrogens is 3. The zero-order chi connectivity index (χ0) is 30.4. The van der Waals surface area contributed by atoms with Crippen LogP contribution in [-0.2, 0) is 11.2 Å². The predicted molar refractivity (Wildman–Crippen MR) is 163 cm³/mol. The van der Waals surface area contributed by atoms with E-state index in [1.54, 1.807) is 30.2 Å². The molecule has 0 radical (unpaired) electrons. The van der Waals surface area contributed by atoms with E-state index in [9.17, 15) is 9.90 Å². The molecule has 0 spiro atoms. The van der Waals surface area contributed by atoms with Gasteiger partial charge in [-0.2, -0.15) is 4.98 Å². The average molecular weight is 598 g/mol. The molecule has 228 valence electrons. The highest BCUT2D eigenvalue weighted by Gasteiger charge is 2.35. The zero-order valence-corrected chi connectivity index (χ0v) is 25.0. The van der Waals surface area contributed by atoms with E-state index in [0.717, 1.165) is 59.2 Å². The number of hydrogen-bond acceptors (Lipinski definition) is 10. The number of methoxy groups -OCH3 is 2. The summed E-state index contributed by atoms with van der Waals surface area (Å²) >= 11 is 0. The summed E-state index contributed by atoms with van der Waals surface area (Å²) in [7, 11) is 3.09. The summed E-state index contributed by atoms with van der Waals surface area (Å²) in [6.45, 7) is 2.39. The molecule has 1 aliphatic heterocycles. The first-order valence-electron chi connectivity index (χ1n) is 15.0. The molecule has 2 fully saturated rings. The monoisotopic (exact) mass is 597 g/mol. The van der Waals surface area contributed by atoms with Gasteiger partial charge in [0.15, 0.2) is 11.5 Å². The number of carbonyl (C=O) groups excluding carboxylic acids is 1. The molecule has 1 saturated carbocycles. The smallest absolute Gasteiger partial charge is 0.254 e. The Morgan fingerprint density at radius 2 is 1.91 bits per heavy atom. The van der Waals surface area contributed by atoms with Crippen LogP contribution in [0.3, 0.4) is 0 Å². The fourth-order valence-corrected chi connectivity index (χ4v) is 6.36. The van der Waals surface area contributed by atoms with E-state index < -0.39 is 12.2 Å². The van der Waals surface area contributed by atoms with Gasteiger partial charge in [-0.3, -0.25) is 4.79 Å². The molecular weight excluding hydrogens is 562 g/mol. The Morgan fingerprint density at radius 1 is 1.07 bits per heavy atom. The zero-order valence-electron chi connectivity index (χ0n) is 25.0. The van der Waals surface area contributed by atoms with Crippen molar-refractivity contribution >= 4 is 34.2 Å². The van der Waals surface area contributed by atoms with Crippen LogP contribution in [0.25, 0.3) is 16.7 Å². The molecule has 2 aromatic heterocycles. The van der Waals surface area contributed by atoms with Crippen molar-refractivity contribution in [3.05, 3.63) is 70.7 Å². The number of allylic oxidation sites excluding steroid dienone is 1. The van der Waals surface area contributed by atoms with Gasteiger partial charge in [-0.15, -0.1) is 0 Å². The number of aryl methyl sites for hydroxylation is 1. The summed E-state index contributed by atoms with van der Waals surface area (Å²) in [6.07, 6.45) is 6.03. The van der Waals surface area contributed by atoms with Crippen molar-refractivity contribution in [2.24, 2.45) is 0 Å². The number of hydrogen-bond donors (Lipinski definition) is 2. The molecule has 3 heterocycles. The first-order valence-corrected chi connectivity index (χ1v) is 15.0. The maximum Gasteiger partial charge on any atom is 0.254 e. The highest BCUT2D eigenvalue weighted by Crippen LogP contribution is 2.41. The molecule has 1 amide bonds. The van der Waals surface area contributed by atoms with Crippen LogP contribution >= 0.6 is 0 Å². The highest BCUT2D eigenvalue weighted by atomic mass is 16.5. The maximum atomic E-state index is 13.2. The summed E-state index contributed by atoms with van der Waals surface area (Å²) < 4.78 is 23.3. The number of nitrogens with one attached hydrogen (secondary N) is 1. The second kappa shape index (κ2) is 11.5. The quantitative estimate of drug-likeness (QED) is 0.291. The van der Waals surface area contributed by atoms with Crippen LogP contribution in [0.1, 0.15) is 58.8 Å². The molecule has 2 aromatic carbocycles. The summed E-state index contributed by atoms with van der Waals surface area (Å²) in [5, 5.41) is 13.5. The second-order valence-corrected chi connectivity index (χ2v) is 11.5. The molecule has 2 aliphatic carbocycles. The third kappa shape index (κ3) is 5.26. The number of aliphatic hydroxyl groups is 1. The van der Waals surface area contributed by atoms with Crippen molar-refractivity contribution in [2.75, 3.05) is 32.6 Å². The molecule has 3 aliphatic rings. The van der Waals surface area contributed by atoms with Gasteiger partial charge in [0.25, 0.3) is 5.91 Å². The van der Waals surface area contributed by atoms with E-state index in [-0.39, 0.29) is 18.6 Å². The minimum Gasteiger partial charge on any atom is -0.495 e. The van der Waals surface area contributed by atoms with Gasteiger partial charge in [-0.1, -0.05) is 12.1 Å². The molecule has 11 nitrogen and oxygen atoms in total. The van der Waals surface area contributed by atoms with Crippen LogP contribution in [0.5, 0.6) is 11.6 Å². The molecule has 2 atom stereocenters. The third-order valence-corrected chi connectivity index (χ3v) is 8.63. The van der Waals surface area contributed by atoms with Crippen LogP contribution in [-0.4, -0.2) is 76.5 Å². The van der Waals surface area contributed by atoms with Crippen LogP contribution in [0, 0.1) is 6.92 Å². The minimum absolute atomic E-state index is 0.102. The molecule has 11 heteroatoms. The number of aliphatic hydroxyl groups excluding tert-OH is 1. The summed E-state index contributed by atoms with van der Waals surface area (Å²) in [6, 6.07) is 11.2. The maximum absolute atomic E-state index is 13.2. The predicted octanol–water partition coefficient (Wildman–Crippen LogP) is 4.82. The number of oxazole rings is 1. The van der Waals surface area contributed by atoms with Crippen molar-refractivity contribution < 1.29 is 28.5 Å². The second-order valence-electron chi connectivity index (χ2n) is 11.5. The van der Waals surface area contributed by atoms with E-state index in [1.165, 1.54) is 7.11 Å². The van der Waals surface area contributed by atoms with E-state index >= 15 is 0 Å². The SMILES string of the molecule is COc1cc(C(=O)N2C[C@@H](O)[C@H](OC)C2)ccc1Nc1nc2c(c(OC3CCCC3)n1)C(c1ccc3nc(C)oc3c1)=CC2. The molecule has 44 heavy (non-hydrogen) atoms. The van der Waals surface area contributed by atoms with Crippen molar-refractivity contribution in [1.82, 2.24) is 19.9 Å². The molecular formula is C33H35N5O6. The van der Waals surface area contributed by atoms with Crippen molar-refractivity contribution in [1.29, 1.82) is 0 Å². The Hall–Kier alpha value is -4.48. The number of rotatable bonds is 8. The van der Waals surface area contributed by atoms with Gasteiger partial charge >= 0.3 is 0 Å². The lowest BCUT2D eigenvalue weighted by molar-refractivity contribution is 0.0215. The highest BCUT2D eigenvalue weighted by molar-refractivity contribution is 5.96. The Balaban J connectivity index is 1.19. The Bertz CT molecular complexity index is 1760. The topological polar surface area (TPSA) is 132 Å². The van der Waals surface area contributed by atoms with Gasteiger partial charge in [0.1, 0.15) is 23.5 Å². The number of anilines is 2. The number of ether oxygens (including phenoxy) is 3. The van der Waals surface area contributed by atoms with Gasteiger partial charge in [-0.25, -0.2) is 9.97 Å². The number of nitrogens with zero attached hydrogens (tertiary/aromatic N) is 4. The molecule has 7 rings (SSSR count). The van der Waals surface area contributed by atoms with E-state index in [4.69, 9.17) is 28.6 Å². The first-order chi connectivity index (χ1) is 21.4.